The molecule has 1 spiro atoms. The molecule has 64 valence electrons. The van der Waals surface area contributed by atoms with E-state index in [4.69, 9.17) is 0 Å². The van der Waals surface area contributed by atoms with Crippen LogP contribution in [0.2, 0.25) is 0 Å². The maximum absolute atomic E-state index is 2.40. The van der Waals surface area contributed by atoms with Crippen molar-refractivity contribution in [2.45, 2.75) is 0 Å². The Balaban J connectivity index is 1.80. The summed E-state index contributed by atoms with van der Waals surface area (Å²) in [5.74, 6) is 0. The molecule has 0 aromatic carbocycles. The number of hydrogen-bond donors (Lipinski definition) is 0. The Morgan fingerprint density at radius 1 is 1.09 bits per heavy atom. The Morgan fingerprint density at radius 3 is 2.00 bits per heavy atom. The summed E-state index contributed by atoms with van der Waals surface area (Å²) >= 11 is 0. The fraction of sp³-hybridized carbons (Fsp3) is 1.00. The fourth-order valence-corrected chi connectivity index (χ4v) is 2.31. The van der Waals surface area contributed by atoms with Gasteiger partial charge in [0.2, 0.25) is 0 Å². The Kier molecular flexibility index (Phi) is 1.50. The van der Waals surface area contributed by atoms with Crippen molar-refractivity contribution in [2.24, 2.45) is 5.41 Å². The van der Waals surface area contributed by atoms with Crippen LogP contribution in [0.5, 0.6) is 0 Å². The van der Waals surface area contributed by atoms with Gasteiger partial charge >= 0.3 is 0 Å². The van der Waals surface area contributed by atoms with Gasteiger partial charge in [0, 0.05) is 45.7 Å². The maximum atomic E-state index is 2.40. The highest BCUT2D eigenvalue weighted by molar-refractivity contribution is 5.03. The maximum Gasteiger partial charge on any atom is 0.0240 e. The minimum absolute atomic E-state index is 0.680. The van der Waals surface area contributed by atoms with Crippen molar-refractivity contribution in [1.82, 2.24) is 14.9 Å². The van der Waals surface area contributed by atoms with E-state index >= 15 is 0 Å². The number of hydrazine groups is 1. The molecule has 2 fully saturated rings. The van der Waals surface area contributed by atoms with Gasteiger partial charge < -0.3 is 4.90 Å². The lowest BCUT2D eigenvalue weighted by molar-refractivity contribution is -0.180. The van der Waals surface area contributed by atoms with Gasteiger partial charge in [0.15, 0.2) is 0 Å². The molecule has 0 aliphatic carbocycles. The van der Waals surface area contributed by atoms with Crippen LogP contribution in [0.1, 0.15) is 0 Å². The molecular formula is C8H17N3. The monoisotopic (exact) mass is 155 g/mol. The molecule has 0 radical (unpaired) electrons. The molecule has 2 aliphatic heterocycles. The van der Waals surface area contributed by atoms with Crippen LogP contribution >= 0.6 is 0 Å². The predicted molar refractivity (Wildman–Crippen MR) is 45.2 cm³/mol. The highest BCUT2D eigenvalue weighted by atomic mass is 15.6. The van der Waals surface area contributed by atoms with Crippen LogP contribution in [-0.4, -0.2) is 62.2 Å². The van der Waals surface area contributed by atoms with Gasteiger partial charge in [0.25, 0.3) is 0 Å². The molecule has 2 aliphatic rings. The summed E-state index contributed by atoms with van der Waals surface area (Å²) in [6.07, 6.45) is 0. The summed E-state index contributed by atoms with van der Waals surface area (Å²) in [6.45, 7) is 5.14. The van der Waals surface area contributed by atoms with Gasteiger partial charge in [0.05, 0.1) is 0 Å². The van der Waals surface area contributed by atoms with E-state index in [0.29, 0.717) is 5.41 Å². The molecule has 2 saturated heterocycles. The molecule has 0 N–H and O–H groups in total. The van der Waals surface area contributed by atoms with Gasteiger partial charge in [-0.05, 0) is 7.05 Å². The van der Waals surface area contributed by atoms with E-state index in [1.165, 1.54) is 26.2 Å². The molecule has 2 heterocycles. The smallest absolute Gasteiger partial charge is 0.0240 e. The minimum atomic E-state index is 0.680. The van der Waals surface area contributed by atoms with Crippen molar-refractivity contribution in [3.05, 3.63) is 0 Å². The fourth-order valence-electron chi connectivity index (χ4n) is 2.31. The van der Waals surface area contributed by atoms with Crippen molar-refractivity contribution in [3.8, 4) is 0 Å². The van der Waals surface area contributed by atoms with Crippen molar-refractivity contribution in [1.29, 1.82) is 0 Å². The van der Waals surface area contributed by atoms with Crippen LogP contribution in [0.4, 0.5) is 0 Å². The summed E-state index contributed by atoms with van der Waals surface area (Å²) in [5, 5.41) is 4.59. The number of likely N-dealkylation sites (tertiary alicyclic amines) is 1. The average Bonchev–Trinajstić information content (AvgIpc) is 1.73. The Labute approximate surface area is 68.5 Å². The quantitative estimate of drug-likeness (QED) is 0.515. The zero-order chi connectivity index (χ0) is 8.06. The van der Waals surface area contributed by atoms with E-state index in [2.05, 4.69) is 36.1 Å². The highest BCUT2D eigenvalue weighted by Gasteiger charge is 2.50. The molecular weight excluding hydrogens is 138 g/mol. The first-order valence-corrected chi connectivity index (χ1v) is 4.22. The molecule has 0 bridgehead atoms. The Morgan fingerprint density at radius 2 is 1.64 bits per heavy atom. The molecule has 11 heavy (non-hydrogen) atoms. The third-order valence-electron chi connectivity index (χ3n) is 2.81. The van der Waals surface area contributed by atoms with E-state index in [-0.39, 0.29) is 0 Å². The zero-order valence-electron chi connectivity index (χ0n) is 7.67. The average molecular weight is 155 g/mol. The SMILES string of the molecule is CN1CC2(C1)CN(N(C)C)C2. The van der Waals surface area contributed by atoms with Crippen LogP contribution < -0.4 is 0 Å². The first-order chi connectivity index (χ1) is 5.11. The third-order valence-corrected chi connectivity index (χ3v) is 2.81. The number of hydrogen-bond acceptors (Lipinski definition) is 3. The second-order valence-corrected chi connectivity index (χ2v) is 4.34. The van der Waals surface area contributed by atoms with Gasteiger partial charge in [-0.1, -0.05) is 0 Å². The second-order valence-electron chi connectivity index (χ2n) is 4.34. The summed E-state index contributed by atoms with van der Waals surface area (Å²) in [4.78, 5) is 2.40. The normalized spacial score (nSPS) is 30.5. The first-order valence-electron chi connectivity index (χ1n) is 4.22. The number of rotatable bonds is 1. The lowest BCUT2D eigenvalue weighted by atomic mass is 9.74. The zero-order valence-corrected chi connectivity index (χ0v) is 7.67. The van der Waals surface area contributed by atoms with E-state index < -0.39 is 0 Å². The van der Waals surface area contributed by atoms with Crippen LogP contribution in [0.15, 0.2) is 0 Å². The van der Waals surface area contributed by atoms with Crippen LogP contribution in [-0.2, 0) is 0 Å². The van der Waals surface area contributed by atoms with Crippen molar-refractivity contribution in [2.75, 3.05) is 47.3 Å². The number of nitrogens with zero attached hydrogens (tertiary/aromatic N) is 3. The summed E-state index contributed by atoms with van der Waals surface area (Å²) < 4.78 is 0. The topological polar surface area (TPSA) is 9.72 Å². The van der Waals surface area contributed by atoms with Crippen LogP contribution in [0.25, 0.3) is 0 Å². The van der Waals surface area contributed by atoms with Crippen molar-refractivity contribution >= 4 is 0 Å². The molecule has 0 saturated carbocycles. The van der Waals surface area contributed by atoms with Gasteiger partial charge in [-0.15, -0.1) is 0 Å². The molecule has 2 rings (SSSR count). The molecule has 0 aromatic heterocycles. The van der Waals surface area contributed by atoms with Crippen molar-refractivity contribution < 1.29 is 0 Å². The molecule has 0 atom stereocenters. The van der Waals surface area contributed by atoms with E-state index in [9.17, 15) is 0 Å². The first kappa shape index (κ1) is 7.53. The van der Waals surface area contributed by atoms with E-state index in [1.807, 2.05) is 0 Å². The predicted octanol–water partition coefficient (Wildman–Crippen LogP) is -0.290. The lowest BCUT2D eigenvalue weighted by Crippen LogP contribution is -2.73. The van der Waals surface area contributed by atoms with Crippen LogP contribution in [0, 0.1) is 5.41 Å². The molecule has 0 amide bonds. The van der Waals surface area contributed by atoms with Gasteiger partial charge in [-0.2, -0.15) is 0 Å². The summed E-state index contributed by atoms with van der Waals surface area (Å²) in [7, 11) is 6.44. The minimum Gasteiger partial charge on any atom is -0.305 e. The van der Waals surface area contributed by atoms with Gasteiger partial charge in [0.1, 0.15) is 0 Å². The Hall–Kier alpha value is -0.120. The van der Waals surface area contributed by atoms with E-state index in [1.54, 1.807) is 0 Å². The highest BCUT2D eigenvalue weighted by Crippen LogP contribution is 2.38. The largest absolute Gasteiger partial charge is 0.305 e. The van der Waals surface area contributed by atoms with Gasteiger partial charge in [-0.3, -0.25) is 0 Å². The lowest BCUT2D eigenvalue weighted by Gasteiger charge is -2.60. The van der Waals surface area contributed by atoms with Crippen molar-refractivity contribution in [3.63, 3.8) is 0 Å². The van der Waals surface area contributed by atoms with Crippen LogP contribution in [0.3, 0.4) is 0 Å². The second kappa shape index (κ2) is 2.19. The molecule has 3 heteroatoms. The Bertz CT molecular complexity index is 153. The third kappa shape index (κ3) is 1.08. The molecule has 0 aromatic rings. The summed E-state index contributed by atoms with van der Waals surface area (Å²) in [5.41, 5.74) is 0.680. The summed E-state index contributed by atoms with van der Waals surface area (Å²) in [6, 6.07) is 0. The standard InChI is InChI=1S/C8H17N3/c1-9(2)11-6-8(7-11)4-10(3)5-8/h4-7H2,1-3H3. The molecule has 0 unspecified atom stereocenters. The van der Waals surface area contributed by atoms with Gasteiger partial charge in [-0.25, -0.2) is 10.0 Å². The molecule has 3 nitrogen and oxygen atoms in total. The van der Waals surface area contributed by atoms with E-state index in [0.717, 1.165) is 0 Å².